The van der Waals surface area contributed by atoms with Crippen LogP contribution >= 0.6 is 0 Å². The van der Waals surface area contributed by atoms with Gasteiger partial charge < -0.3 is 20.1 Å². The Hall–Kier alpha value is -1.33. The van der Waals surface area contributed by atoms with Gasteiger partial charge in [-0.05, 0) is 18.1 Å². The van der Waals surface area contributed by atoms with E-state index in [-0.39, 0.29) is 5.75 Å². The number of ether oxygens (including phenoxy) is 1. The van der Waals surface area contributed by atoms with Crippen LogP contribution in [0.2, 0.25) is 0 Å². The summed E-state index contributed by atoms with van der Waals surface area (Å²) in [6, 6.07) is 2.96. The zero-order valence-electron chi connectivity index (χ0n) is 10.6. The predicted molar refractivity (Wildman–Crippen MR) is 67.6 cm³/mol. The number of hydrogen-bond donors (Lipinski definition) is 2. The summed E-state index contributed by atoms with van der Waals surface area (Å²) in [6.07, 6.45) is 0.747. The van der Waals surface area contributed by atoms with Crippen LogP contribution < -0.4 is 10.1 Å². The van der Waals surface area contributed by atoms with Gasteiger partial charge in [0.25, 0.3) is 0 Å². The largest absolute Gasteiger partial charge is 0.502 e. The van der Waals surface area contributed by atoms with Gasteiger partial charge >= 0.3 is 0 Å². The van der Waals surface area contributed by atoms with Crippen LogP contribution in [0.1, 0.15) is 5.56 Å². The summed E-state index contributed by atoms with van der Waals surface area (Å²) >= 11 is 0. The van der Waals surface area contributed by atoms with Crippen LogP contribution in [-0.4, -0.2) is 49.8 Å². The van der Waals surface area contributed by atoms with Crippen LogP contribution in [0.4, 0.5) is 4.39 Å². The highest BCUT2D eigenvalue weighted by Crippen LogP contribution is 2.32. The van der Waals surface area contributed by atoms with Crippen LogP contribution in [0.5, 0.6) is 11.5 Å². The Morgan fingerprint density at radius 3 is 2.78 bits per heavy atom. The minimum atomic E-state index is -0.641. The Morgan fingerprint density at radius 1 is 1.39 bits per heavy atom. The molecular weight excluding hydrogens is 235 g/mol. The Balaban J connectivity index is 2.02. The third-order valence-corrected chi connectivity index (χ3v) is 3.27. The number of aromatic hydroxyl groups is 1. The van der Waals surface area contributed by atoms with Crippen LogP contribution in [0.25, 0.3) is 0 Å². The average molecular weight is 254 g/mol. The van der Waals surface area contributed by atoms with E-state index in [0.717, 1.165) is 44.7 Å². The van der Waals surface area contributed by atoms with Crippen molar-refractivity contribution in [2.24, 2.45) is 0 Å². The first-order valence-corrected chi connectivity index (χ1v) is 6.19. The van der Waals surface area contributed by atoms with Crippen molar-refractivity contribution in [3.05, 3.63) is 23.5 Å². The third kappa shape index (κ3) is 2.91. The molecule has 0 saturated carbocycles. The molecule has 1 aromatic rings. The summed E-state index contributed by atoms with van der Waals surface area (Å²) in [5.41, 5.74) is 0.843. The van der Waals surface area contributed by atoms with E-state index in [2.05, 4.69) is 10.2 Å². The molecule has 2 N–H and O–H groups in total. The maximum Gasteiger partial charge on any atom is 0.194 e. The van der Waals surface area contributed by atoms with Crippen molar-refractivity contribution in [1.29, 1.82) is 0 Å². The van der Waals surface area contributed by atoms with Gasteiger partial charge in [-0.1, -0.05) is 6.07 Å². The molecule has 100 valence electrons. The van der Waals surface area contributed by atoms with Crippen LogP contribution in [0.3, 0.4) is 0 Å². The summed E-state index contributed by atoms with van der Waals surface area (Å²) in [7, 11) is 1.45. The molecule has 5 heteroatoms. The van der Waals surface area contributed by atoms with Crippen LogP contribution in [0, 0.1) is 5.82 Å². The maximum atomic E-state index is 13.2. The van der Waals surface area contributed by atoms with Gasteiger partial charge in [-0.25, -0.2) is 4.39 Å². The lowest BCUT2D eigenvalue weighted by atomic mass is 10.1. The van der Waals surface area contributed by atoms with Crippen molar-refractivity contribution in [2.45, 2.75) is 6.42 Å². The summed E-state index contributed by atoms with van der Waals surface area (Å²) in [4.78, 5) is 2.34. The number of benzene rings is 1. The molecule has 0 amide bonds. The molecular formula is C13H19FN2O2. The van der Waals surface area contributed by atoms with Gasteiger partial charge in [-0.2, -0.15) is 0 Å². The van der Waals surface area contributed by atoms with Gasteiger partial charge in [0.05, 0.1) is 7.11 Å². The minimum absolute atomic E-state index is 0.255. The first-order valence-electron chi connectivity index (χ1n) is 6.19. The molecule has 0 aromatic heterocycles. The minimum Gasteiger partial charge on any atom is -0.502 e. The second-order valence-electron chi connectivity index (χ2n) is 4.43. The number of halogens is 1. The lowest BCUT2D eigenvalue weighted by molar-refractivity contribution is 0.242. The highest BCUT2D eigenvalue weighted by atomic mass is 19.1. The fourth-order valence-corrected chi connectivity index (χ4v) is 2.23. The first-order chi connectivity index (χ1) is 8.72. The highest BCUT2D eigenvalue weighted by molar-refractivity contribution is 5.46. The van der Waals surface area contributed by atoms with Crippen molar-refractivity contribution < 1.29 is 14.2 Å². The molecule has 0 aliphatic carbocycles. The fraction of sp³-hybridized carbons (Fsp3) is 0.538. The Kier molecular flexibility index (Phi) is 4.38. The van der Waals surface area contributed by atoms with Crippen molar-refractivity contribution >= 4 is 0 Å². The molecule has 4 nitrogen and oxygen atoms in total. The average Bonchev–Trinajstić information content (AvgIpc) is 2.41. The van der Waals surface area contributed by atoms with E-state index in [0.29, 0.717) is 0 Å². The predicted octanol–water partition coefficient (Wildman–Crippen LogP) is 0.988. The van der Waals surface area contributed by atoms with Crippen molar-refractivity contribution in [1.82, 2.24) is 10.2 Å². The van der Waals surface area contributed by atoms with E-state index >= 15 is 0 Å². The van der Waals surface area contributed by atoms with E-state index in [9.17, 15) is 9.50 Å². The van der Waals surface area contributed by atoms with Gasteiger partial charge in [-0.3, -0.25) is 0 Å². The van der Waals surface area contributed by atoms with Gasteiger partial charge in [0, 0.05) is 32.7 Å². The van der Waals surface area contributed by atoms with Gasteiger partial charge in [0.15, 0.2) is 17.3 Å². The molecule has 18 heavy (non-hydrogen) atoms. The Labute approximate surface area is 106 Å². The van der Waals surface area contributed by atoms with E-state index < -0.39 is 11.6 Å². The molecule has 0 atom stereocenters. The van der Waals surface area contributed by atoms with E-state index in [4.69, 9.17) is 4.74 Å². The molecule has 0 unspecified atom stereocenters. The number of rotatable bonds is 4. The number of nitrogens with one attached hydrogen (secondary N) is 1. The first kappa shape index (κ1) is 13.1. The second kappa shape index (κ2) is 6.02. The van der Waals surface area contributed by atoms with E-state index in [1.807, 2.05) is 0 Å². The summed E-state index contributed by atoms with van der Waals surface area (Å²) in [5.74, 6) is -0.779. The molecule has 2 rings (SSSR count). The zero-order chi connectivity index (χ0) is 13.0. The molecule has 0 bridgehead atoms. The molecule has 1 heterocycles. The maximum absolute atomic E-state index is 13.2. The molecule has 1 saturated heterocycles. The molecule has 1 fully saturated rings. The van der Waals surface area contributed by atoms with Crippen LogP contribution in [0.15, 0.2) is 12.1 Å². The van der Waals surface area contributed by atoms with E-state index in [1.54, 1.807) is 6.07 Å². The number of piperazine rings is 1. The lowest BCUT2D eigenvalue weighted by Crippen LogP contribution is -2.44. The van der Waals surface area contributed by atoms with Crippen molar-refractivity contribution in [3.63, 3.8) is 0 Å². The normalized spacial score (nSPS) is 16.8. The molecule has 0 spiro atoms. The quantitative estimate of drug-likeness (QED) is 0.841. The zero-order valence-corrected chi connectivity index (χ0v) is 10.6. The Morgan fingerprint density at radius 2 is 2.11 bits per heavy atom. The highest BCUT2D eigenvalue weighted by Gasteiger charge is 2.15. The van der Waals surface area contributed by atoms with Crippen molar-refractivity contribution in [2.75, 3.05) is 39.8 Å². The summed E-state index contributed by atoms with van der Waals surface area (Å²) in [6.45, 7) is 4.95. The van der Waals surface area contributed by atoms with Gasteiger partial charge in [0.2, 0.25) is 0 Å². The summed E-state index contributed by atoms with van der Waals surface area (Å²) in [5, 5.41) is 12.9. The monoisotopic (exact) mass is 254 g/mol. The number of phenols is 1. The Bertz CT molecular complexity index is 406. The summed E-state index contributed by atoms with van der Waals surface area (Å²) < 4.78 is 18.3. The molecule has 1 aliphatic heterocycles. The van der Waals surface area contributed by atoms with Crippen LogP contribution in [-0.2, 0) is 6.42 Å². The molecule has 1 aromatic carbocycles. The van der Waals surface area contributed by atoms with Gasteiger partial charge in [0.1, 0.15) is 0 Å². The van der Waals surface area contributed by atoms with Gasteiger partial charge in [-0.15, -0.1) is 0 Å². The fourth-order valence-electron chi connectivity index (χ4n) is 2.23. The lowest BCUT2D eigenvalue weighted by Gasteiger charge is -2.27. The molecule has 0 radical (unpaired) electrons. The van der Waals surface area contributed by atoms with Crippen molar-refractivity contribution in [3.8, 4) is 11.5 Å². The smallest absolute Gasteiger partial charge is 0.194 e. The number of phenolic OH excluding ortho intramolecular Hbond substituents is 1. The SMILES string of the molecule is COc1c(CCN2CCNCC2)ccc(F)c1O. The number of methoxy groups -OCH3 is 1. The third-order valence-electron chi connectivity index (χ3n) is 3.27. The topological polar surface area (TPSA) is 44.7 Å². The second-order valence-corrected chi connectivity index (χ2v) is 4.43. The number of nitrogens with zero attached hydrogens (tertiary/aromatic N) is 1. The molecule has 1 aliphatic rings. The standard InChI is InChI=1S/C13H19FN2O2/c1-18-13-10(2-3-11(14)12(13)17)4-7-16-8-5-15-6-9-16/h2-3,15,17H,4-9H2,1H3. The van der Waals surface area contributed by atoms with E-state index in [1.165, 1.54) is 13.2 Å². The number of hydrogen-bond acceptors (Lipinski definition) is 4.